The van der Waals surface area contributed by atoms with Crippen molar-refractivity contribution in [3.05, 3.63) is 58.7 Å². The Hall–Kier alpha value is -3.79. The molecule has 5 rings (SSSR count). The van der Waals surface area contributed by atoms with Crippen molar-refractivity contribution in [3.63, 3.8) is 0 Å². The highest BCUT2D eigenvalue weighted by Crippen LogP contribution is 2.26. The first-order chi connectivity index (χ1) is 20.2. The van der Waals surface area contributed by atoms with E-state index >= 15 is 0 Å². The first-order valence-electron chi connectivity index (χ1n) is 15.2. The molecule has 1 atom stereocenters. The van der Waals surface area contributed by atoms with E-state index in [2.05, 4.69) is 17.1 Å². The minimum absolute atomic E-state index is 0.0383. The first-order valence-corrected chi connectivity index (χ1v) is 15.2. The van der Waals surface area contributed by atoms with Crippen molar-refractivity contribution in [2.45, 2.75) is 58.6 Å². The molecule has 0 radical (unpaired) electrons. The molecule has 0 bridgehead atoms. The van der Waals surface area contributed by atoms with Crippen LogP contribution >= 0.6 is 0 Å². The molecule has 0 unspecified atom stereocenters. The average molecular weight is 577 g/mol. The fourth-order valence-corrected chi connectivity index (χ4v) is 6.36. The highest BCUT2D eigenvalue weighted by atomic mass is 16.6. The number of aryl methyl sites for hydroxylation is 2. The van der Waals surface area contributed by atoms with Crippen LogP contribution in [0, 0.1) is 13.8 Å². The second-order valence-corrected chi connectivity index (χ2v) is 11.7. The van der Waals surface area contributed by atoms with Crippen LogP contribution in [-0.2, 0) is 22.4 Å². The number of benzene rings is 2. The van der Waals surface area contributed by atoms with Crippen molar-refractivity contribution < 1.29 is 19.1 Å². The lowest BCUT2D eigenvalue weighted by Crippen LogP contribution is -2.53. The average Bonchev–Trinajstić information content (AvgIpc) is 3.17. The number of carbonyl (C=O) groups excluding carboxylic acids is 3. The normalized spacial score (nSPS) is 19.1. The highest BCUT2D eigenvalue weighted by Gasteiger charge is 2.35. The van der Waals surface area contributed by atoms with Gasteiger partial charge in [-0.05, 0) is 68.0 Å². The molecule has 3 N–H and O–H groups in total. The van der Waals surface area contributed by atoms with Crippen molar-refractivity contribution in [2.75, 3.05) is 63.4 Å². The van der Waals surface area contributed by atoms with E-state index in [0.717, 1.165) is 59.7 Å². The van der Waals surface area contributed by atoms with Gasteiger partial charge in [-0.1, -0.05) is 37.3 Å². The number of para-hydroxylation sites is 1. The van der Waals surface area contributed by atoms with Crippen molar-refractivity contribution in [1.29, 1.82) is 0 Å². The van der Waals surface area contributed by atoms with Crippen molar-refractivity contribution in [2.24, 2.45) is 0 Å². The number of piperidine rings is 1. The minimum atomic E-state index is -0.916. The number of hydrogen-bond donors (Lipinski definition) is 2. The Labute approximate surface area is 248 Å². The molecule has 10 nitrogen and oxygen atoms in total. The Morgan fingerprint density at radius 1 is 0.976 bits per heavy atom. The van der Waals surface area contributed by atoms with Gasteiger partial charge in [-0.15, -0.1) is 0 Å². The number of hydrogen-bond acceptors (Lipinski definition) is 6. The summed E-state index contributed by atoms with van der Waals surface area (Å²) in [5, 5.41) is 3.04. The molecule has 3 heterocycles. The molecular weight excluding hydrogens is 532 g/mol. The zero-order chi connectivity index (χ0) is 29.8. The van der Waals surface area contributed by atoms with E-state index in [4.69, 9.17) is 10.5 Å². The first kappa shape index (κ1) is 29.7. The minimum Gasteiger partial charge on any atom is -0.436 e. The number of nitrogens with one attached hydrogen (secondary N) is 1. The van der Waals surface area contributed by atoms with Crippen LogP contribution in [0.5, 0.6) is 0 Å². The van der Waals surface area contributed by atoms with Crippen LogP contribution in [0.15, 0.2) is 36.4 Å². The van der Waals surface area contributed by atoms with Crippen LogP contribution in [0.4, 0.5) is 21.0 Å². The van der Waals surface area contributed by atoms with Gasteiger partial charge in [0.25, 0.3) is 5.91 Å². The molecule has 4 amide bonds. The largest absolute Gasteiger partial charge is 0.436 e. The smallest absolute Gasteiger partial charge is 0.410 e. The molecule has 42 heavy (non-hydrogen) atoms. The zero-order valence-corrected chi connectivity index (χ0v) is 25.1. The fraction of sp³-hybridized carbons (Fsp3) is 0.531. The highest BCUT2D eigenvalue weighted by molar-refractivity contribution is 5.91. The Morgan fingerprint density at radius 3 is 2.31 bits per heavy atom. The summed E-state index contributed by atoms with van der Waals surface area (Å²) in [5.74, 6) is -0.151. The van der Waals surface area contributed by atoms with Crippen LogP contribution in [-0.4, -0.2) is 102 Å². The SMILES string of the molecule is CCN1CCN(C(=O)[C@@H](Cc2cc(C)c(N)c(C)c2)OC(=O)N2CCC(N3CCc4ccccc4NC3=O)CC2)CC1. The number of fused-ring (bicyclic) bond motifs is 1. The number of ether oxygens (including phenoxy) is 1. The molecule has 10 heteroatoms. The van der Waals surface area contributed by atoms with Gasteiger partial charge in [-0.3, -0.25) is 4.79 Å². The van der Waals surface area contributed by atoms with Crippen molar-refractivity contribution in [1.82, 2.24) is 19.6 Å². The number of anilines is 2. The summed E-state index contributed by atoms with van der Waals surface area (Å²) in [6.07, 6.45) is 1.01. The maximum atomic E-state index is 13.7. The number of rotatable bonds is 6. The predicted octanol–water partition coefficient (Wildman–Crippen LogP) is 3.65. The third kappa shape index (κ3) is 6.64. The van der Waals surface area contributed by atoms with Gasteiger partial charge in [-0.25, -0.2) is 9.59 Å². The Morgan fingerprint density at radius 2 is 1.64 bits per heavy atom. The lowest BCUT2D eigenvalue weighted by atomic mass is 9.99. The standard InChI is InChI=1S/C32H44N6O4/c1-4-35-15-17-36(18-16-35)30(39)28(21-24-19-22(2)29(33)23(3)20-24)42-32(41)37-12-10-26(11-13-37)38-14-9-25-7-5-6-8-27(25)34-31(38)40/h5-8,19-20,26,28H,4,9-18,21,33H2,1-3H3,(H,34,40)/t28-/m1/s1. The third-order valence-electron chi connectivity index (χ3n) is 9.03. The molecule has 2 aromatic rings. The fourth-order valence-electron chi connectivity index (χ4n) is 6.36. The molecule has 2 saturated heterocycles. The monoisotopic (exact) mass is 576 g/mol. The molecule has 2 aromatic carbocycles. The van der Waals surface area contributed by atoms with E-state index in [1.807, 2.05) is 60.0 Å². The third-order valence-corrected chi connectivity index (χ3v) is 9.03. The molecule has 3 aliphatic heterocycles. The van der Waals surface area contributed by atoms with Crippen LogP contribution in [0.3, 0.4) is 0 Å². The van der Waals surface area contributed by atoms with E-state index < -0.39 is 12.2 Å². The summed E-state index contributed by atoms with van der Waals surface area (Å²) in [7, 11) is 0. The van der Waals surface area contributed by atoms with E-state index in [1.54, 1.807) is 4.90 Å². The summed E-state index contributed by atoms with van der Waals surface area (Å²) >= 11 is 0. The number of nitrogen functional groups attached to an aromatic ring is 1. The van der Waals surface area contributed by atoms with Crippen LogP contribution in [0.2, 0.25) is 0 Å². The Bertz CT molecular complexity index is 1280. The molecule has 0 aromatic heterocycles. The second kappa shape index (κ2) is 13.0. The number of piperazine rings is 1. The lowest BCUT2D eigenvalue weighted by Gasteiger charge is -2.38. The summed E-state index contributed by atoms with van der Waals surface area (Å²) in [4.78, 5) is 47.9. The van der Waals surface area contributed by atoms with Gasteiger partial charge in [0.05, 0.1) is 0 Å². The van der Waals surface area contributed by atoms with Gasteiger partial charge < -0.3 is 35.4 Å². The van der Waals surface area contributed by atoms with Gasteiger partial charge in [0.1, 0.15) is 0 Å². The molecule has 3 aliphatic rings. The molecule has 226 valence electrons. The van der Waals surface area contributed by atoms with Gasteiger partial charge in [0, 0.05) is 69.7 Å². The van der Waals surface area contributed by atoms with Crippen molar-refractivity contribution in [3.8, 4) is 0 Å². The van der Waals surface area contributed by atoms with Gasteiger partial charge in [0.15, 0.2) is 6.10 Å². The number of likely N-dealkylation sites (tertiary alicyclic amines) is 1. The van der Waals surface area contributed by atoms with Crippen LogP contribution in [0.25, 0.3) is 0 Å². The van der Waals surface area contributed by atoms with E-state index in [1.165, 1.54) is 0 Å². The van der Waals surface area contributed by atoms with Crippen LogP contribution in [0.1, 0.15) is 42.0 Å². The van der Waals surface area contributed by atoms with E-state index in [9.17, 15) is 14.4 Å². The topological polar surface area (TPSA) is 111 Å². The van der Waals surface area contributed by atoms with Crippen LogP contribution < -0.4 is 11.1 Å². The maximum absolute atomic E-state index is 13.7. The van der Waals surface area contributed by atoms with E-state index in [-0.39, 0.29) is 18.0 Å². The molecular formula is C32H44N6O4. The molecule has 2 fully saturated rings. The quantitative estimate of drug-likeness (QED) is 0.508. The lowest BCUT2D eigenvalue weighted by molar-refractivity contribution is -0.142. The predicted molar refractivity (Wildman–Crippen MR) is 163 cm³/mol. The zero-order valence-electron chi connectivity index (χ0n) is 25.1. The van der Waals surface area contributed by atoms with E-state index in [0.29, 0.717) is 52.0 Å². The number of urea groups is 1. The molecule has 0 spiro atoms. The summed E-state index contributed by atoms with van der Waals surface area (Å²) in [6.45, 7) is 11.4. The van der Waals surface area contributed by atoms with Gasteiger partial charge >= 0.3 is 12.1 Å². The number of nitrogens with zero attached hydrogens (tertiary/aromatic N) is 4. The number of carbonyl (C=O) groups is 3. The Balaban J connectivity index is 1.23. The van der Waals surface area contributed by atoms with Gasteiger partial charge in [0.2, 0.25) is 0 Å². The summed E-state index contributed by atoms with van der Waals surface area (Å²) < 4.78 is 5.99. The Kier molecular flexibility index (Phi) is 9.21. The summed E-state index contributed by atoms with van der Waals surface area (Å²) in [6, 6.07) is 11.8. The summed E-state index contributed by atoms with van der Waals surface area (Å²) in [5.41, 5.74) is 11.7. The molecule has 0 aliphatic carbocycles. The number of amides is 4. The second-order valence-electron chi connectivity index (χ2n) is 11.7. The molecule has 0 saturated carbocycles. The number of nitrogens with two attached hydrogens (primary N) is 1. The van der Waals surface area contributed by atoms with Gasteiger partial charge in [-0.2, -0.15) is 0 Å². The van der Waals surface area contributed by atoms with Crippen molar-refractivity contribution >= 4 is 29.4 Å². The maximum Gasteiger partial charge on any atom is 0.410 e. The number of likely N-dealkylation sites (N-methyl/N-ethyl adjacent to an activating group) is 1.